The Labute approximate surface area is 144 Å². The van der Waals surface area contributed by atoms with E-state index in [1.165, 1.54) is 12.4 Å². The maximum absolute atomic E-state index is 12.9. The molecule has 0 saturated carbocycles. The van der Waals surface area contributed by atoms with Crippen molar-refractivity contribution in [2.24, 2.45) is 5.92 Å². The van der Waals surface area contributed by atoms with Crippen LogP contribution in [-0.4, -0.2) is 57.3 Å². The van der Waals surface area contributed by atoms with E-state index in [1.54, 1.807) is 0 Å². The third-order valence-electron chi connectivity index (χ3n) is 4.87. The minimum absolute atomic E-state index is 0.0335. The number of rotatable bonds is 3. The van der Waals surface area contributed by atoms with Gasteiger partial charge in [-0.05, 0) is 25.7 Å². The van der Waals surface area contributed by atoms with Gasteiger partial charge in [-0.15, -0.1) is 0 Å². The largest absolute Gasteiger partial charge is 0.379 e. The molecule has 25 heavy (non-hydrogen) atoms. The number of hydrogen-bond acceptors (Lipinski definition) is 5. The summed E-state index contributed by atoms with van der Waals surface area (Å²) in [5.41, 5.74) is 3.27. The van der Waals surface area contributed by atoms with Crippen molar-refractivity contribution in [2.45, 2.75) is 25.7 Å². The number of aromatic nitrogens is 4. The van der Waals surface area contributed by atoms with Gasteiger partial charge >= 0.3 is 0 Å². The van der Waals surface area contributed by atoms with Gasteiger partial charge in [0.05, 0.1) is 19.5 Å². The van der Waals surface area contributed by atoms with Crippen LogP contribution in [0.4, 0.5) is 0 Å². The van der Waals surface area contributed by atoms with Crippen LogP contribution < -0.4 is 5.56 Å². The Kier molecular flexibility index (Phi) is 4.35. The van der Waals surface area contributed by atoms with Crippen LogP contribution in [0.1, 0.15) is 33.9 Å². The average molecular weight is 343 g/mol. The van der Waals surface area contributed by atoms with E-state index in [0.29, 0.717) is 44.1 Å². The first-order chi connectivity index (χ1) is 12.2. The SMILES string of the molecule is O=C(c1n[nH]c2c1CCC2)N1CCOCC(Cc2cc(=O)[nH]cn2)C1. The number of aryl methyl sites for hydroxylation is 1. The number of hydrogen-bond donors (Lipinski definition) is 2. The van der Waals surface area contributed by atoms with Gasteiger partial charge in [0.2, 0.25) is 0 Å². The number of carbonyl (C=O) groups excluding carboxylic acids is 1. The van der Waals surface area contributed by atoms with Crippen molar-refractivity contribution >= 4 is 5.91 Å². The van der Waals surface area contributed by atoms with E-state index in [-0.39, 0.29) is 17.4 Å². The molecule has 1 amide bonds. The summed E-state index contributed by atoms with van der Waals surface area (Å²) in [4.78, 5) is 32.9. The van der Waals surface area contributed by atoms with Gasteiger partial charge in [0.25, 0.3) is 11.5 Å². The minimum Gasteiger partial charge on any atom is -0.379 e. The van der Waals surface area contributed by atoms with Gasteiger partial charge in [-0.1, -0.05) is 0 Å². The van der Waals surface area contributed by atoms with Crippen molar-refractivity contribution in [1.82, 2.24) is 25.1 Å². The summed E-state index contributed by atoms with van der Waals surface area (Å²) in [6.45, 7) is 2.20. The zero-order valence-electron chi connectivity index (χ0n) is 14.0. The maximum Gasteiger partial charge on any atom is 0.274 e. The van der Waals surface area contributed by atoms with Crippen LogP contribution >= 0.6 is 0 Å². The first-order valence-corrected chi connectivity index (χ1v) is 8.67. The third-order valence-corrected chi connectivity index (χ3v) is 4.87. The van der Waals surface area contributed by atoms with E-state index in [9.17, 15) is 9.59 Å². The molecule has 0 radical (unpaired) electrons. The topological polar surface area (TPSA) is 104 Å². The molecule has 1 unspecified atom stereocenters. The minimum atomic E-state index is -0.167. The molecule has 132 valence electrons. The summed E-state index contributed by atoms with van der Waals surface area (Å²) in [6.07, 6.45) is 4.97. The highest BCUT2D eigenvalue weighted by atomic mass is 16.5. The third kappa shape index (κ3) is 3.34. The number of amides is 1. The van der Waals surface area contributed by atoms with E-state index in [4.69, 9.17) is 4.74 Å². The predicted octanol–water partition coefficient (Wildman–Crippen LogP) is 0.313. The smallest absolute Gasteiger partial charge is 0.274 e. The molecule has 1 saturated heterocycles. The van der Waals surface area contributed by atoms with Crippen molar-refractivity contribution in [3.05, 3.63) is 45.4 Å². The molecule has 0 aromatic carbocycles. The van der Waals surface area contributed by atoms with Crippen LogP contribution in [0.25, 0.3) is 0 Å². The van der Waals surface area contributed by atoms with Crippen molar-refractivity contribution in [3.8, 4) is 0 Å². The molecule has 1 aliphatic heterocycles. The Morgan fingerprint density at radius 2 is 2.32 bits per heavy atom. The fourth-order valence-corrected chi connectivity index (χ4v) is 3.65. The first-order valence-electron chi connectivity index (χ1n) is 8.67. The van der Waals surface area contributed by atoms with Gasteiger partial charge in [0.1, 0.15) is 0 Å². The van der Waals surface area contributed by atoms with E-state index in [2.05, 4.69) is 20.2 Å². The molecule has 4 rings (SSSR count). The van der Waals surface area contributed by atoms with Gasteiger partial charge in [-0.3, -0.25) is 14.7 Å². The van der Waals surface area contributed by atoms with Gasteiger partial charge < -0.3 is 14.6 Å². The van der Waals surface area contributed by atoms with Crippen LogP contribution in [-0.2, 0) is 24.0 Å². The van der Waals surface area contributed by atoms with Crippen molar-refractivity contribution in [2.75, 3.05) is 26.3 Å². The molecular weight excluding hydrogens is 322 g/mol. The number of aromatic amines is 2. The Balaban J connectivity index is 1.49. The average Bonchev–Trinajstić information content (AvgIpc) is 3.13. The van der Waals surface area contributed by atoms with Crippen molar-refractivity contribution in [1.29, 1.82) is 0 Å². The zero-order valence-corrected chi connectivity index (χ0v) is 14.0. The van der Waals surface area contributed by atoms with E-state index < -0.39 is 0 Å². The van der Waals surface area contributed by atoms with Crippen molar-refractivity contribution < 1.29 is 9.53 Å². The summed E-state index contributed by atoms with van der Waals surface area (Å²) in [7, 11) is 0. The number of carbonyl (C=O) groups is 1. The fourth-order valence-electron chi connectivity index (χ4n) is 3.65. The van der Waals surface area contributed by atoms with Crippen LogP contribution in [0.3, 0.4) is 0 Å². The normalized spacial score (nSPS) is 20.3. The number of ether oxygens (including phenoxy) is 1. The second kappa shape index (κ2) is 6.79. The van der Waals surface area contributed by atoms with E-state index in [1.807, 2.05) is 4.90 Å². The molecule has 1 atom stereocenters. The predicted molar refractivity (Wildman–Crippen MR) is 89.4 cm³/mol. The summed E-state index contributed by atoms with van der Waals surface area (Å²) < 4.78 is 5.66. The quantitative estimate of drug-likeness (QED) is 0.835. The van der Waals surface area contributed by atoms with Gasteiger partial charge in [0, 0.05) is 42.0 Å². The van der Waals surface area contributed by atoms with Crippen molar-refractivity contribution in [3.63, 3.8) is 0 Å². The Bertz CT molecular complexity index is 828. The monoisotopic (exact) mass is 343 g/mol. The van der Waals surface area contributed by atoms with Gasteiger partial charge in [-0.25, -0.2) is 4.98 Å². The lowest BCUT2D eigenvalue weighted by molar-refractivity contribution is 0.0730. The molecule has 0 spiro atoms. The highest BCUT2D eigenvalue weighted by molar-refractivity contribution is 5.94. The molecule has 2 aliphatic rings. The van der Waals surface area contributed by atoms with Crippen LogP contribution in [0.5, 0.6) is 0 Å². The maximum atomic E-state index is 12.9. The summed E-state index contributed by atoms with van der Waals surface area (Å²) >= 11 is 0. The summed E-state index contributed by atoms with van der Waals surface area (Å²) in [5, 5.41) is 7.25. The van der Waals surface area contributed by atoms with E-state index in [0.717, 1.165) is 30.5 Å². The Morgan fingerprint density at radius 3 is 3.20 bits per heavy atom. The van der Waals surface area contributed by atoms with Crippen LogP contribution in [0.2, 0.25) is 0 Å². The molecule has 2 aromatic heterocycles. The molecule has 1 aliphatic carbocycles. The molecule has 2 aromatic rings. The summed E-state index contributed by atoms with van der Waals surface area (Å²) in [5.74, 6) is 0.0708. The fraction of sp³-hybridized carbons (Fsp3) is 0.529. The number of H-pyrrole nitrogens is 2. The zero-order chi connectivity index (χ0) is 17.2. The molecule has 1 fully saturated rings. The lowest BCUT2D eigenvalue weighted by Crippen LogP contribution is -2.37. The second-order valence-corrected chi connectivity index (χ2v) is 6.68. The first kappa shape index (κ1) is 16.0. The Hall–Kier alpha value is -2.48. The number of fused-ring (bicyclic) bond motifs is 1. The molecule has 8 heteroatoms. The lowest BCUT2D eigenvalue weighted by atomic mass is 10.0. The molecular formula is C17H21N5O3. The summed E-state index contributed by atoms with van der Waals surface area (Å²) in [6, 6.07) is 1.50. The van der Waals surface area contributed by atoms with Crippen LogP contribution in [0.15, 0.2) is 17.2 Å². The Morgan fingerprint density at radius 1 is 1.40 bits per heavy atom. The highest BCUT2D eigenvalue weighted by Crippen LogP contribution is 2.24. The number of nitrogens with zero attached hydrogens (tertiary/aromatic N) is 3. The lowest BCUT2D eigenvalue weighted by Gasteiger charge is -2.23. The standard InChI is InChI=1S/C17H21N5O3/c23-15-7-12(18-10-19-15)6-11-8-22(4-5-25-9-11)17(24)16-13-2-1-3-14(13)20-21-16/h7,10-11H,1-6,8-9H2,(H,20,21)(H,18,19,23). The molecule has 8 nitrogen and oxygen atoms in total. The molecule has 0 bridgehead atoms. The van der Waals surface area contributed by atoms with Gasteiger partial charge in [-0.2, -0.15) is 5.10 Å². The van der Waals surface area contributed by atoms with Crippen LogP contribution in [0, 0.1) is 5.92 Å². The molecule has 3 heterocycles. The molecule has 2 N–H and O–H groups in total. The second-order valence-electron chi connectivity index (χ2n) is 6.68. The highest BCUT2D eigenvalue weighted by Gasteiger charge is 2.29. The number of nitrogens with one attached hydrogen (secondary N) is 2. The van der Waals surface area contributed by atoms with Gasteiger partial charge in [0.15, 0.2) is 5.69 Å². The van der Waals surface area contributed by atoms with E-state index >= 15 is 0 Å².